The first-order valence-electron chi connectivity index (χ1n) is 4.08. The van der Waals surface area contributed by atoms with Crippen LogP contribution in [0.25, 0.3) is 0 Å². The van der Waals surface area contributed by atoms with Gasteiger partial charge in [-0.1, -0.05) is 0 Å². The fourth-order valence-electron chi connectivity index (χ4n) is 1.21. The number of carbonyl (C=O) groups excluding carboxylic acids is 1. The first-order valence-corrected chi connectivity index (χ1v) is 4.08. The summed E-state index contributed by atoms with van der Waals surface area (Å²) < 4.78 is 10.2. The summed E-state index contributed by atoms with van der Waals surface area (Å²) in [7, 11) is 0. The minimum Gasteiger partial charge on any atom is -0.483 e. The minimum absolute atomic E-state index is 0.0508. The predicted octanol–water partition coefficient (Wildman–Crippen LogP) is -0.125. The van der Waals surface area contributed by atoms with Crippen LogP contribution in [0, 0.1) is 0 Å². The molecule has 1 aliphatic rings. The van der Waals surface area contributed by atoms with Gasteiger partial charge in [0.15, 0.2) is 18.1 Å². The van der Waals surface area contributed by atoms with Gasteiger partial charge >= 0.3 is 0 Å². The van der Waals surface area contributed by atoms with Gasteiger partial charge in [-0.2, -0.15) is 0 Å². The number of hydrogen-bond acceptors (Lipinski definition) is 4. The SMILES string of the molecule is NC(=O)c1ccc2c(c1)OCC(O)O2. The Bertz CT molecular complexity index is 377. The predicted molar refractivity (Wildman–Crippen MR) is 47.1 cm³/mol. The molecule has 0 bridgehead atoms. The van der Waals surface area contributed by atoms with E-state index in [1.54, 1.807) is 0 Å². The molecule has 0 spiro atoms. The number of aliphatic hydroxyl groups excluding tert-OH is 1. The molecule has 1 amide bonds. The average Bonchev–Trinajstić information content (AvgIpc) is 2.16. The third kappa shape index (κ3) is 1.49. The van der Waals surface area contributed by atoms with Crippen molar-refractivity contribution in [2.75, 3.05) is 6.61 Å². The van der Waals surface area contributed by atoms with Crippen molar-refractivity contribution in [1.82, 2.24) is 0 Å². The molecule has 3 N–H and O–H groups in total. The van der Waals surface area contributed by atoms with Crippen molar-refractivity contribution in [2.24, 2.45) is 5.73 Å². The molecule has 14 heavy (non-hydrogen) atoms. The molecular formula is C9H9NO4. The van der Waals surface area contributed by atoms with E-state index < -0.39 is 12.2 Å². The lowest BCUT2D eigenvalue weighted by atomic mass is 10.2. The van der Waals surface area contributed by atoms with E-state index in [0.29, 0.717) is 17.1 Å². The maximum Gasteiger partial charge on any atom is 0.248 e. The minimum atomic E-state index is -0.957. The Morgan fingerprint density at radius 1 is 1.50 bits per heavy atom. The molecule has 2 rings (SSSR count). The third-order valence-corrected chi connectivity index (χ3v) is 1.87. The molecule has 0 saturated carbocycles. The van der Waals surface area contributed by atoms with Crippen LogP contribution in [0.4, 0.5) is 0 Å². The van der Waals surface area contributed by atoms with Crippen LogP contribution >= 0.6 is 0 Å². The molecule has 0 saturated heterocycles. The largest absolute Gasteiger partial charge is 0.483 e. The van der Waals surface area contributed by atoms with Gasteiger partial charge < -0.3 is 20.3 Å². The monoisotopic (exact) mass is 195 g/mol. The van der Waals surface area contributed by atoms with Crippen molar-refractivity contribution in [1.29, 1.82) is 0 Å². The van der Waals surface area contributed by atoms with Gasteiger partial charge in [-0.15, -0.1) is 0 Å². The molecule has 1 aromatic rings. The molecular weight excluding hydrogens is 186 g/mol. The molecule has 5 heteroatoms. The number of fused-ring (bicyclic) bond motifs is 1. The Balaban J connectivity index is 2.36. The molecule has 1 unspecified atom stereocenters. The van der Waals surface area contributed by atoms with Crippen molar-refractivity contribution in [2.45, 2.75) is 6.29 Å². The number of nitrogens with two attached hydrogens (primary N) is 1. The Labute approximate surface area is 80.0 Å². The lowest BCUT2D eigenvalue weighted by Crippen LogP contribution is -2.28. The fourth-order valence-corrected chi connectivity index (χ4v) is 1.21. The van der Waals surface area contributed by atoms with Gasteiger partial charge in [0.25, 0.3) is 0 Å². The highest BCUT2D eigenvalue weighted by Gasteiger charge is 2.19. The van der Waals surface area contributed by atoms with Gasteiger partial charge in [0, 0.05) is 5.56 Å². The number of carbonyl (C=O) groups is 1. The Morgan fingerprint density at radius 2 is 2.29 bits per heavy atom. The summed E-state index contributed by atoms with van der Waals surface area (Å²) in [6.07, 6.45) is -0.957. The first-order chi connectivity index (χ1) is 6.66. The van der Waals surface area contributed by atoms with Crippen molar-refractivity contribution in [3.63, 3.8) is 0 Å². The number of ether oxygens (including phenoxy) is 2. The van der Waals surface area contributed by atoms with Gasteiger partial charge in [-0.3, -0.25) is 4.79 Å². The maximum atomic E-state index is 10.8. The highest BCUT2D eigenvalue weighted by atomic mass is 16.7. The van der Waals surface area contributed by atoms with E-state index in [1.165, 1.54) is 18.2 Å². The second kappa shape index (κ2) is 3.19. The first kappa shape index (κ1) is 8.83. The zero-order valence-corrected chi connectivity index (χ0v) is 7.27. The van der Waals surface area contributed by atoms with E-state index in [-0.39, 0.29) is 6.61 Å². The number of amides is 1. The van der Waals surface area contributed by atoms with E-state index in [4.69, 9.17) is 20.3 Å². The van der Waals surface area contributed by atoms with E-state index in [2.05, 4.69) is 0 Å². The van der Waals surface area contributed by atoms with Crippen LogP contribution < -0.4 is 15.2 Å². The molecule has 1 aromatic carbocycles. The zero-order valence-electron chi connectivity index (χ0n) is 7.27. The number of primary amides is 1. The highest BCUT2D eigenvalue weighted by Crippen LogP contribution is 2.31. The summed E-state index contributed by atoms with van der Waals surface area (Å²) in [5, 5.41) is 9.10. The smallest absolute Gasteiger partial charge is 0.248 e. The number of rotatable bonds is 1. The summed E-state index contributed by atoms with van der Waals surface area (Å²) in [6.45, 7) is 0.0508. The second-order valence-corrected chi connectivity index (χ2v) is 2.91. The molecule has 0 radical (unpaired) electrons. The zero-order chi connectivity index (χ0) is 10.1. The molecule has 1 aliphatic heterocycles. The van der Waals surface area contributed by atoms with Crippen LogP contribution in [0.1, 0.15) is 10.4 Å². The van der Waals surface area contributed by atoms with Crippen LogP contribution in [-0.2, 0) is 0 Å². The molecule has 1 heterocycles. The number of aliphatic hydroxyl groups is 1. The van der Waals surface area contributed by atoms with E-state index in [9.17, 15) is 4.79 Å². The van der Waals surface area contributed by atoms with Gasteiger partial charge in [0.05, 0.1) is 0 Å². The van der Waals surface area contributed by atoms with Gasteiger partial charge in [-0.05, 0) is 18.2 Å². The second-order valence-electron chi connectivity index (χ2n) is 2.91. The fraction of sp³-hybridized carbons (Fsp3) is 0.222. The lowest BCUT2D eigenvalue weighted by Gasteiger charge is -2.22. The van der Waals surface area contributed by atoms with Gasteiger partial charge in [0.1, 0.15) is 0 Å². The molecule has 1 atom stereocenters. The number of hydrogen-bond donors (Lipinski definition) is 2. The quantitative estimate of drug-likeness (QED) is 0.654. The van der Waals surface area contributed by atoms with Crippen molar-refractivity contribution >= 4 is 5.91 Å². The lowest BCUT2D eigenvalue weighted by molar-refractivity contribution is -0.0670. The van der Waals surface area contributed by atoms with Crippen LogP contribution in [0.2, 0.25) is 0 Å². The maximum absolute atomic E-state index is 10.8. The van der Waals surface area contributed by atoms with Crippen molar-refractivity contribution in [3.05, 3.63) is 23.8 Å². The molecule has 0 fully saturated rings. The topological polar surface area (TPSA) is 81.8 Å². The molecule has 5 nitrogen and oxygen atoms in total. The molecule has 0 aromatic heterocycles. The highest BCUT2D eigenvalue weighted by molar-refractivity contribution is 5.93. The normalized spacial score (nSPS) is 19.1. The van der Waals surface area contributed by atoms with Gasteiger partial charge in [-0.25, -0.2) is 0 Å². The summed E-state index contributed by atoms with van der Waals surface area (Å²) in [6, 6.07) is 4.55. The third-order valence-electron chi connectivity index (χ3n) is 1.87. The Hall–Kier alpha value is -1.75. The van der Waals surface area contributed by atoms with Crippen molar-refractivity contribution < 1.29 is 19.4 Å². The molecule has 0 aliphatic carbocycles. The summed E-state index contributed by atoms with van der Waals surface area (Å²) >= 11 is 0. The van der Waals surface area contributed by atoms with Crippen LogP contribution in [0.5, 0.6) is 11.5 Å². The summed E-state index contributed by atoms with van der Waals surface area (Å²) in [5.41, 5.74) is 5.44. The summed E-state index contributed by atoms with van der Waals surface area (Å²) in [5.74, 6) is 0.308. The van der Waals surface area contributed by atoms with Gasteiger partial charge in [0.2, 0.25) is 12.2 Å². The van der Waals surface area contributed by atoms with E-state index >= 15 is 0 Å². The van der Waals surface area contributed by atoms with E-state index in [1.807, 2.05) is 0 Å². The summed E-state index contributed by atoms with van der Waals surface area (Å²) in [4.78, 5) is 10.8. The standard InChI is InChI=1S/C9H9NO4/c10-9(12)5-1-2-6-7(3-5)13-4-8(11)14-6/h1-3,8,11H,4H2,(H2,10,12). The van der Waals surface area contributed by atoms with Crippen LogP contribution in [0.15, 0.2) is 18.2 Å². The molecule has 74 valence electrons. The van der Waals surface area contributed by atoms with Crippen LogP contribution in [-0.4, -0.2) is 23.9 Å². The average molecular weight is 195 g/mol. The van der Waals surface area contributed by atoms with E-state index in [0.717, 1.165) is 0 Å². The Morgan fingerprint density at radius 3 is 3.00 bits per heavy atom. The van der Waals surface area contributed by atoms with Crippen molar-refractivity contribution in [3.8, 4) is 11.5 Å². The Kier molecular flexibility index (Phi) is 2.01. The number of benzene rings is 1. The van der Waals surface area contributed by atoms with Crippen LogP contribution in [0.3, 0.4) is 0 Å².